The van der Waals surface area contributed by atoms with E-state index < -0.39 is 11.7 Å². The zero-order chi connectivity index (χ0) is 14.7. The van der Waals surface area contributed by atoms with Gasteiger partial charge in [-0.3, -0.25) is 9.69 Å². The number of amides is 1. The monoisotopic (exact) mass is 277 g/mol. The number of carbonyl (C=O) groups excluding carboxylic acids is 2. The molecule has 3 aliphatic rings. The molecule has 4 nitrogen and oxygen atoms in total. The van der Waals surface area contributed by atoms with Gasteiger partial charge in [-0.05, 0) is 57.8 Å². The molecular formula is C16H23NO3. The molecule has 110 valence electrons. The van der Waals surface area contributed by atoms with Crippen molar-refractivity contribution in [1.29, 1.82) is 0 Å². The summed E-state index contributed by atoms with van der Waals surface area (Å²) in [6, 6.07) is -0.326. The second kappa shape index (κ2) is 4.34. The van der Waals surface area contributed by atoms with E-state index in [1.807, 2.05) is 20.8 Å². The fourth-order valence-electron chi connectivity index (χ4n) is 3.89. The summed E-state index contributed by atoms with van der Waals surface area (Å²) in [6.45, 7) is 9.19. The minimum Gasteiger partial charge on any atom is -0.443 e. The molecule has 4 heteroatoms. The lowest BCUT2D eigenvalue weighted by molar-refractivity contribution is -0.129. The third-order valence-electron chi connectivity index (χ3n) is 4.86. The van der Waals surface area contributed by atoms with Gasteiger partial charge in [-0.2, -0.15) is 0 Å². The number of Topliss-reactive ketones (excluding diaryl/α,β-unsaturated/α-hetero) is 1. The highest BCUT2D eigenvalue weighted by atomic mass is 16.6. The van der Waals surface area contributed by atoms with Gasteiger partial charge in [-0.1, -0.05) is 13.0 Å². The van der Waals surface area contributed by atoms with Crippen molar-refractivity contribution >= 4 is 11.9 Å². The quantitative estimate of drug-likeness (QED) is 0.728. The van der Waals surface area contributed by atoms with Crippen LogP contribution in [-0.4, -0.2) is 28.4 Å². The number of ketones is 1. The van der Waals surface area contributed by atoms with Crippen LogP contribution in [0, 0.1) is 17.8 Å². The lowest BCUT2D eigenvalue weighted by Gasteiger charge is -2.41. The molecule has 1 amide bonds. The third kappa shape index (κ3) is 2.15. The second-order valence-electron chi connectivity index (χ2n) is 7.34. The summed E-state index contributed by atoms with van der Waals surface area (Å²) in [5.74, 6) is 2.26. The Labute approximate surface area is 120 Å². The SMILES string of the molecule is C=C1C(=O)[C@H](CC2[C@H]3CCC[C@@H]23)N1C(=O)OC(C)(C)C. The highest BCUT2D eigenvalue weighted by molar-refractivity contribution is 6.09. The van der Waals surface area contributed by atoms with Gasteiger partial charge in [-0.15, -0.1) is 0 Å². The summed E-state index contributed by atoms with van der Waals surface area (Å²) < 4.78 is 5.36. The third-order valence-corrected chi connectivity index (χ3v) is 4.86. The van der Waals surface area contributed by atoms with Crippen molar-refractivity contribution in [2.75, 3.05) is 0 Å². The van der Waals surface area contributed by atoms with Crippen LogP contribution in [-0.2, 0) is 9.53 Å². The molecule has 0 aromatic heterocycles. The summed E-state index contributed by atoms with van der Waals surface area (Å²) in [4.78, 5) is 25.6. The Balaban J connectivity index is 1.62. The molecule has 1 unspecified atom stereocenters. The summed E-state index contributed by atoms with van der Waals surface area (Å²) >= 11 is 0. The van der Waals surface area contributed by atoms with E-state index >= 15 is 0 Å². The molecule has 0 N–H and O–H groups in total. The van der Waals surface area contributed by atoms with Crippen LogP contribution in [0.4, 0.5) is 4.79 Å². The predicted molar refractivity (Wildman–Crippen MR) is 74.9 cm³/mol. The molecule has 0 spiro atoms. The lowest BCUT2D eigenvalue weighted by atomic mass is 9.91. The zero-order valence-corrected chi connectivity index (χ0v) is 12.5. The molecule has 2 aliphatic carbocycles. The molecule has 0 aromatic rings. The van der Waals surface area contributed by atoms with Crippen LogP contribution in [0.25, 0.3) is 0 Å². The maximum Gasteiger partial charge on any atom is 0.415 e. The van der Waals surface area contributed by atoms with Gasteiger partial charge in [0.15, 0.2) is 0 Å². The number of nitrogens with zero attached hydrogens (tertiary/aromatic N) is 1. The Morgan fingerprint density at radius 1 is 1.35 bits per heavy atom. The summed E-state index contributed by atoms with van der Waals surface area (Å²) in [6.07, 6.45) is 4.28. The van der Waals surface area contributed by atoms with E-state index in [1.54, 1.807) is 0 Å². The van der Waals surface area contributed by atoms with Crippen LogP contribution in [0.3, 0.4) is 0 Å². The number of hydrogen-bond donors (Lipinski definition) is 0. The van der Waals surface area contributed by atoms with Gasteiger partial charge in [0.05, 0.1) is 5.70 Å². The molecule has 3 fully saturated rings. The lowest BCUT2D eigenvalue weighted by Crippen LogP contribution is -2.58. The Morgan fingerprint density at radius 2 is 1.95 bits per heavy atom. The molecular weight excluding hydrogens is 254 g/mol. The molecule has 3 rings (SSSR count). The molecule has 2 saturated carbocycles. The molecule has 1 heterocycles. The van der Waals surface area contributed by atoms with Crippen LogP contribution in [0.2, 0.25) is 0 Å². The molecule has 20 heavy (non-hydrogen) atoms. The van der Waals surface area contributed by atoms with E-state index in [0.29, 0.717) is 5.92 Å². The highest BCUT2D eigenvalue weighted by Crippen LogP contribution is 2.60. The van der Waals surface area contributed by atoms with Gasteiger partial charge in [0, 0.05) is 0 Å². The molecule has 0 radical (unpaired) electrons. The van der Waals surface area contributed by atoms with Gasteiger partial charge in [0.2, 0.25) is 5.78 Å². The Hall–Kier alpha value is -1.32. The zero-order valence-electron chi connectivity index (χ0n) is 12.5. The predicted octanol–water partition coefficient (Wildman–Crippen LogP) is 3.12. The first-order valence-corrected chi connectivity index (χ1v) is 7.55. The summed E-state index contributed by atoms with van der Waals surface area (Å²) in [5.41, 5.74) is -0.258. The van der Waals surface area contributed by atoms with E-state index in [4.69, 9.17) is 4.74 Å². The first-order chi connectivity index (χ1) is 9.29. The number of hydrogen-bond acceptors (Lipinski definition) is 3. The first kappa shape index (κ1) is 13.7. The second-order valence-corrected chi connectivity index (χ2v) is 7.34. The van der Waals surface area contributed by atoms with E-state index in [-0.39, 0.29) is 17.5 Å². The van der Waals surface area contributed by atoms with Crippen LogP contribution in [0.15, 0.2) is 12.3 Å². The number of carbonyl (C=O) groups is 2. The average molecular weight is 277 g/mol. The summed E-state index contributed by atoms with van der Waals surface area (Å²) in [7, 11) is 0. The first-order valence-electron chi connectivity index (χ1n) is 7.55. The van der Waals surface area contributed by atoms with Crippen LogP contribution < -0.4 is 0 Å². The van der Waals surface area contributed by atoms with Crippen molar-refractivity contribution in [2.24, 2.45) is 17.8 Å². The van der Waals surface area contributed by atoms with Crippen molar-refractivity contribution in [3.63, 3.8) is 0 Å². The van der Waals surface area contributed by atoms with Crippen LogP contribution in [0.1, 0.15) is 46.5 Å². The van der Waals surface area contributed by atoms with Crippen LogP contribution >= 0.6 is 0 Å². The standard InChI is InChI=1S/C16H23NO3/c1-9-14(18)13(8-12-10-6-5-7-11(10)12)17(9)15(19)20-16(2,3)4/h10-13H,1,5-8H2,2-4H3/t10-,11+,12?,13-/m0/s1. The van der Waals surface area contributed by atoms with E-state index in [9.17, 15) is 9.59 Å². The minimum atomic E-state index is -0.545. The minimum absolute atomic E-state index is 0.0147. The Morgan fingerprint density at radius 3 is 2.50 bits per heavy atom. The normalized spacial score (nSPS) is 35.6. The number of rotatable bonds is 2. The molecule has 0 bridgehead atoms. The van der Waals surface area contributed by atoms with Gasteiger partial charge >= 0.3 is 6.09 Å². The van der Waals surface area contributed by atoms with E-state index in [1.165, 1.54) is 24.2 Å². The fourth-order valence-corrected chi connectivity index (χ4v) is 3.89. The van der Waals surface area contributed by atoms with Gasteiger partial charge in [-0.25, -0.2) is 4.79 Å². The van der Waals surface area contributed by atoms with E-state index in [2.05, 4.69) is 6.58 Å². The maximum absolute atomic E-state index is 12.1. The maximum atomic E-state index is 12.1. The number of fused-ring (bicyclic) bond motifs is 1. The molecule has 0 aromatic carbocycles. The molecule has 4 atom stereocenters. The number of ether oxygens (including phenoxy) is 1. The van der Waals surface area contributed by atoms with Gasteiger partial charge in [0.25, 0.3) is 0 Å². The topological polar surface area (TPSA) is 46.6 Å². The largest absolute Gasteiger partial charge is 0.443 e. The average Bonchev–Trinajstić information content (AvgIpc) is 2.78. The molecule has 1 saturated heterocycles. The van der Waals surface area contributed by atoms with Crippen molar-refractivity contribution in [3.8, 4) is 0 Å². The van der Waals surface area contributed by atoms with Crippen molar-refractivity contribution in [2.45, 2.75) is 58.1 Å². The Kier molecular flexibility index (Phi) is 2.96. The van der Waals surface area contributed by atoms with Crippen molar-refractivity contribution < 1.29 is 14.3 Å². The number of likely N-dealkylation sites (tertiary alicyclic amines) is 1. The summed E-state index contributed by atoms with van der Waals surface area (Å²) in [5, 5.41) is 0. The smallest absolute Gasteiger partial charge is 0.415 e. The van der Waals surface area contributed by atoms with E-state index in [0.717, 1.165) is 18.3 Å². The Bertz CT molecular complexity index is 467. The fraction of sp³-hybridized carbons (Fsp3) is 0.750. The molecule has 1 aliphatic heterocycles. The van der Waals surface area contributed by atoms with Crippen molar-refractivity contribution in [1.82, 2.24) is 4.90 Å². The van der Waals surface area contributed by atoms with Crippen molar-refractivity contribution in [3.05, 3.63) is 12.3 Å². The highest BCUT2D eigenvalue weighted by Gasteiger charge is 2.57. The van der Waals surface area contributed by atoms with Crippen LogP contribution in [0.5, 0.6) is 0 Å². The van der Waals surface area contributed by atoms with Gasteiger partial charge < -0.3 is 4.74 Å². The van der Waals surface area contributed by atoms with Gasteiger partial charge in [0.1, 0.15) is 11.6 Å².